The van der Waals surface area contributed by atoms with Gasteiger partial charge in [-0.05, 0) is 64.2 Å². The molecule has 1 unspecified atom stereocenters. The molecule has 0 fully saturated rings. The number of carboxylic acid groups (broad SMARTS) is 1. The zero-order valence-corrected chi connectivity index (χ0v) is 35.3. The number of aliphatic carboxylic acids is 1. The minimum atomic E-state index is -2.33. The summed E-state index contributed by atoms with van der Waals surface area (Å²) in [6.45, 7) is -0.231. The highest BCUT2D eigenvalue weighted by Crippen LogP contribution is 2.23. The van der Waals surface area contributed by atoms with Crippen molar-refractivity contribution in [3.63, 3.8) is 0 Å². The van der Waals surface area contributed by atoms with Crippen LogP contribution in [0, 0.1) is 0 Å². The third-order valence-corrected chi connectivity index (χ3v) is 11.4. The molecule has 17 heteroatoms. The minimum absolute atomic E-state index is 0.0594. The number of nitrogens with one attached hydrogen (secondary N) is 6. The molecule has 0 aliphatic carbocycles. The fourth-order valence-corrected chi connectivity index (χ4v) is 7.74. The van der Waals surface area contributed by atoms with Gasteiger partial charge in [-0.3, -0.25) is 33.6 Å². The number of benzene rings is 4. The largest absolute Gasteiger partial charge is 0.481 e. The quantitative estimate of drug-likeness (QED) is 0.0877. The molecule has 332 valence electrons. The molecule has 1 aromatic heterocycles. The van der Waals surface area contributed by atoms with E-state index < -0.39 is 77.8 Å². The van der Waals surface area contributed by atoms with Crippen molar-refractivity contribution in [2.75, 3.05) is 11.9 Å². The zero-order chi connectivity index (χ0) is 45.6. The number of hydrogen-bond acceptors (Lipinski definition) is 10. The van der Waals surface area contributed by atoms with Gasteiger partial charge in [0.05, 0.1) is 6.42 Å². The Bertz CT molecular complexity index is 2400. The molecule has 4 aromatic carbocycles. The SMILES string of the molecule is O=C(O)CCNC(=O)[C@@H]1Cc2ccc(cc2)NC(=O)[C@H](O)[C@@H](O)C(=O)NC(c2cccs2)C(=O)N[C@@H](Cc2ccc(-c3ccccc3)cc2)C(=O)N[C@H](CCc2ccccc2)C(=O)N1. The van der Waals surface area contributed by atoms with Crippen LogP contribution in [0.2, 0.25) is 0 Å². The summed E-state index contributed by atoms with van der Waals surface area (Å²) < 4.78 is 0. The summed E-state index contributed by atoms with van der Waals surface area (Å²) in [6, 6.07) is 29.8. The lowest BCUT2D eigenvalue weighted by Gasteiger charge is -2.27. The van der Waals surface area contributed by atoms with Crippen LogP contribution < -0.4 is 31.9 Å². The molecule has 64 heavy (non-hydrogen) atoms. The van der Waals surface area contributed by atoms with Crippen molar-refractivity contribution in [2.24, 2.45) is 0 Å². The van der Waals surface area contributed by atoms with Gasteiger partial charge in [0, 0.05) is 30.0 Å². The highest BCUT2D eigenvalue weighted by molar-refractivity contribution is 7.10. The Balaban J connectivity index is 1.38. The van der Waals surface area contributed by atoms with Gasteiger partial charge in [0.15, 0.2) is 12.2 Å². The average molecular weight is 889 g/mol. The monoisotopic (exact) mass is 888 g/mol. The summed E-state index contributed by atoms with van der Waals surface area (Å²) >= 11 is 1.09. The van der Waals surface area contributed by atoms with Crippen molar-refractivity contribution >= 4 is 58.4 Å². The lowest BCUT2D eigenvalue weighted by atomic mass is 9.99. The topological polar surface area (TPSA) is 252 Å². The Morgan fingerprint density at radius 3 is 1.91 bits per heavy atom. The number of anilines is 1. The van der Waals surface area contributed by atoms with E-state index in [1.807, 2.05) is 72.8 Å². The second-order valence-corrected chi connectivity index (χ2v) is 16.1. The molecule has 0 saturated carbocycles. The molecular weight excluding hydrogens is 841 g/mol. The van der Waals surface area contributed by atoms with E-state index in [0.29, 0.717) is 22.4 Å². The Labute approximate surface area is 372 Å². The second-order valence-electron chi connectivity index (χ2n) is 15.1. The zero-order valence-electron chi connectivity index (χ0n) is 34.4. The molecule has 6 amide bonds. The molecule has 5 aromatic rings. The third-order valence-electron chi connectivity index (χ3n) is 10.5. The van der Waals surface area contributed by atoms with E-state index in [0.717, 1.165) is 28.0 Å². The number of carbonyl (C=O) groups excluding carboxylic acids is 6. The summed E-state index contributed by atoms with van der Waals surface area (Å²) in [5, 5.41) is 48.1. The molecule has 16 nitrogen and oxygen atoms in total. The first kappa shape index (κ1) is 46.3. The number of aliphatic hydroxyl groups is 2. The minimum Gasteiger partial charge on any atom is -0.481 e. The number of carboxylic acids is 1. The molecule has 2 aliphatic rings. The van der Waals surface area contributed by atoms with E-state index >= 15 is 0 Å². The highest BCUT2D eigenvalue weighted by atomic mass is 32.1. The predicted molar refractivity (Wildman–Crippen MR) is 237 cm³/mol. The van der Waals surface area contributed by atoms with Crippen LogP contribution in [0.1, 0.15) is 40.5 Å². The van der Waals surface area contributed by atoms with Crippen LogP contribution in [0.15, 0.2) is 127 Å². The molecule has 6 atom stereocenters. The maximum atomic E-state index is 14.6. The van der Waals surface area contributed by atoms with Crippen LogP contribution in [-0.4, -0.2) is 93.6 Å². The number of aliphatic hydroxyl groups excluding tert-OH is 2. The molecule has 0 saturated heterocycles. The van der Waals surface area contributed by atoms with Crippen LogP contribution in [0.25, 0.3) is 11.1 Å². The van der Waals surface area contributed by atoms with Crippen LogP contribution in [-0.2, 0) is 52.8 Å². The fraction of sp³-hybridized carbons (Fsp3) is 0.255. The Kier molecular flexibility index (Phi) is 16.1. The number of carbonyl (C=O) groups is 7. The van der Waals surface area contributed by atoms with Crippen LogP contribution in [0.4, 0.5) is 5.69 Å². The molecule has 2 bridgehead atoms. The standard InChI is InChI=1S/C47H48N6O10S/c54-38(55)23-24-48-42(58)35-26-30-15-20-33(21-16-30)49-46(62)40(56)41(57)47(63)53-39(37-12-7-25-64-37)45(61)52-36(27-29-13-18-32(19-14-29)31-10-5-2-6-11-31)44(60)50-34(43(59)51-35)22-17-28-8-3-1-4-9-28/h1-16,18-21,25,34-36,39-41,56-57H,17,22-24,26-27H2,(H,48,58)(H,49,62)(H,50,60)(H,51,59)(H,52,61)(H,53,63)(H,54,55)/t34-,35+,36+,39?,40-,41-/m1/s1. The Hall–Kier alpha value is -7.21. The summed E-state index contributed by atoms with van der Waals surface area (Å²) in [5.74, 6) is -6.62. The summed E-state index contributed by atoms with van der Waals surface area (Å²) in [7, 11) is 0. The van der Waals surface area contributed by atoms with Gasteiger partial charge >= 0.3 is 5.97 Å². The molecule has 0 spiro atoms. The van der Waals surface area contributed by atoms with Gasteiger partial charge < -0.3 is 47.2 Å². The summed E-state index contributed by atoms with van der Waals surface area (Å²) in [4.78, 5) is 94.8. The number of amides is 6. The van der Waals surface area contributed by atoms with Crippen LogP contribution in [0.5, 0.6) is 0 Å². The normalized spacial score (nSPS) is 21.2. The number of aryl methyl sites for hydroxylation is 1. The van der Waals surface area contributed by atoms with Crippen molar-refractivity contribution in [1.82, 2.24) is 26.6 Å². The van der Waals surface area contributed by atoms with E-state index in [9.17, 15) is 48.9 Å². The molecule has 0 radical (unpaired) electrons. The van der Waals surface area contributed by atoms with Gasteiger partial charge in [-0.25, -0.2) is 0 Å². The van der Waals surface area contributed by atoms with Gasteiger partial charge in [-0.15, -0.1) is 11.3 Å². The molecular formula is C47H48N6O10S. The molecule has 2 aliphatic heterocycles. The van der Waals surface area contributed by atoms with Gasteiger partial charge in [-0.1, -0.05) is 103 Å². The van der Waals surface area contributed by atoms with E-state index in [-0.39, 0.29) is 37.9 Å². The average Bonchev–Trinajstić information content (AvgIpc) is 3.84. The number of fused-ring (bicyclic) bond motifs is 18. The Morgan fingerprint density at radius 2 is 1.25 bits per heavy atom. The first-order chi connectivity index (χ1) is 30.8. The van der Waals surface area contributed by atoms with Gasteiger partial charge in [0.2, 0.25) is 23.6 Å². The molecule has 7 rings (SSSR count). The summed E-state index contributed by atoms with van der Waals surface area (Å²) in [5.41, 5.74) is 3.98. The smallest absolute Gasteiger partial charge is 0.305 e. The lowest BCUT2D eigenvalue weighted by molar-refractivity contribution is -0.145. The predicted octanol–water partition coefficient (Wildman–Crippen LogP) is 2.41. The Morgan fingerprint density at radius 1 is 0.625 bits per heavy atom. The van der Waals surface area contributed by atoms with Gasteiger partial charge in [0.25, 0.3) is 11.8 Å². The van der Waals surface area contributed by atoms with Gasteiger partial charge in [-0.2, -0.15) is 0 Å². The first-order valence-electron chi connectivity index (χ1n) is 20.5. The highest BCUT2D eigenvalue weighted by Gasteiger charge is 2.36. The second kappa shape index (κ2) is 22.2. The lowest BCUT2D eigenvalue weighted by Crippen LogP contribution is -2.58. The molecule has 9 N–H and O–H groups in total. The first-order valence-corrected chi connectivity index (χ1v) is 21.4. The number of rotatable bonds is 11. The number of thiophene rings is 1. The van der Waals surface area contributed by atoms with E-state index in [4.69, 9.17) is 0 Å². The summed E-state index contributed by atoms with van der Waals surface area (Å²) in [6.07, 6.45) is -4.80. The van der Waals surface area contributed by atoms with Crippen LogP contribution in [0.3, 0.4) is 0 Å². The number of hydrogen-bond donors (Lipinski definition) is 9. The van der Waals surface area contributed by atoms with Crippen molar-refractivity contribution in [3.8, 4) is 11.1 Å². The van der Waals surface area contributed by atoms with Crippen molar-refractivity contribution in [3.05, 3.63) is 148 Å². The fourth-order valence-electron chi connectivity index (χ4n) is 6.97. The van der Waals surface area contributed by atoms with Crippen molar-refractivity contribution in [2.45, 2.75) is 68.5 Å². The van der Waals surface area contributed by atoms with Crippen molar-refractivity contribution in [1.29, 1.82) is 0 Å². The van der Waals surface area contributed by atoms with Crippen molar-refractivity contribution < 1.29 is 48.9 Å². The molecule has 3 heterocycles. The van der Waals surface area contributed by atoms with Crippen LogP contribution >= 0.6 is 11.3 Å². The van der Waals surface area contributed by atoms with E-state index in [1.165, 1.54) is 24.3 Å². The maximum absolute atomic E-state index is 14.6. The third kappa shape index (κ3) is 12.9. The van der Waals surface area contributed by atoms with Gasteiger partial charge in [0.1, 0.15) is 24.2 Å². The van der Waals surface area contributed by atoms with E-state index in [2.05, 4.69) is 31.9 Å². The maximum Gasteiger partial charge on any atom is 0.305 e. The van der Waals surface area contributed by atoms with E-state index in [1.54, 1.807) is 29.6 Å².